The second-order valence-electron chi connectivity index (χ2n) is 5.05. The normalized spacial score (nSPS) is 11.8. The molecule has 0 saturated carbocycles. The Balaban J connectivity index is 2.26. The molecule has 3 nitrogen and oxygen atoms in total. The van der Waals surface area contributed by atoms with Crippen molar-refractivity contribution in [2.24, 2.45) is 5.73 Å². The summed E-state index contributed by atoms with van der Waals surface area (Å²) in [7, 11) is 0. The van der Waals surface area contributed by atoms with Crippen LogP contribution in [0.1, 0.15) is 35.2 Å². The molecule has 2 aromatic rings. The Morgan fingerprint density at radius 2 is 1.86 bits per heavy atom. The monoisotopic (exact) mass is 313 g/mol. The molecule has 0 amide bonds. The number of ether oxygens (including phenoxy) is 1. The Bertz CT molecular complexity index is 680. The standard InChI is InChI=1S/C18H19NO2S/c1-3-21-18(20)16(19)14-5-4-6-15(11-14)17(22)13-9-7-12(2)8-10-13/h4-11,16H,3,19H2,1-2H3. The van der Waals surface area contributed by atoms with Crippen molar-refractivity contribution in [1.29, 1.82) is 0 Å². The molecule has 0 saturated heterocycles. The lowest BCUT2D eigenvalue weighted by atomic mass is 9.99. The van der Waals surface area contributed by atoms with Crippen LogP contribution in [0.15, 0.2) is 48.5 Å². The lowest BCUT2D eigenvalue weighted by Gasteiger charge is -2.13. The van der Waals surface area contributed by atoms with Gasteiger partial charge >= 0.3 is 5.97 Å². The molecule has 2 rings (SSSR count). The summed E-state index contributed by atoms with van der Waals surface area (Å²) in [5, 5.41) is 0. The molecule has 0 radical (unpaired) electrons. The summed E-state index contributed by atoms with van der Waals surface area (Å²) < 4.78 is 4.96. The Hall–Kier alpha value is -2.04. The summed E-state index contributed by atoms with van der Waals surface area (Å²) in [5.41, 5.74) is 9.66. The molecule has 114 valence electrons. The number of hydrogen-bond acceptors (Lipinski definition) is 4. The number of carbonyl (C=O) groups is 1. The van der Waals surface area contributed by atoms with Gasteiger partial charge in [0.15, 0.2) is 0 Å². The molecule has 0 aromatic heterocycles. The van der Waals surface area contributed by atoms with Gasteiger partial charge in [-0.3, -0.25) is 0 Å². The van der Waals surface area contributed by atoms with E-state index in [9.17, 15) is 4.79 Å². The molecule has 4 heteroatoms. The van der Waals surface area contributed by atoms with E-state index in [-0.39, 0.29) is 0 Å². The van der Waals surface area contributed by atoms with Gasteiger partial charge in [0.1, 0.15) is 6.04 Å². The predicted octanol–water partition coefficient (Wildman–Crippen LogP) is 3.32. The van der Waals surface area contributed by atoms with Crippen LogP contribution in [-0.2, 0) is 9.53 Å². The van der Waals surface area contributed by atoms with Crippen molar-refractivity contribution >= 4 is 23.1 Å². The minimum Gasteiger partial charge on any atom is -0.465 e. The van der Waals surface area contributed by atoms with E-state index in [4.69, 9.17) is 22.7 Å². The number of esters is 1. The average Bonchev–Trinajstić information content (AvgIpc) is 2.54. The van der Waals surface area contributed by atoms with E-state index in [2.05, 4.69) is 0 Å². The summed E-state index contributed by atoms with van der Waals surface area (Å²) in [4.78, 5) is 12.5. The first-order valence-electron chi connectivity index (χ1n) is 7.16. The largest absolute Gasteiger partial charge is 0.465 e. The van der Waals surface area contributed by atoms with E-state index < -0.39 is 12.0 Å². The van der Waals surface area contributed by atoms with Crippen molar-refractivity contribution in [3.05, 3.63) is 70.8 Å². The third-order valence-corrected chi connectivity index (χ3v) is 3.83. The van der Waals surface area contributed by atoms with Crippen LogP contribution in [0.2, 0.25) is 0 Å². The Morgan fingerprint density at radius 1 is 1.18 bits per heavy atom. The highest BCUT2D eigenvalue weighted by Crippen LogP contribution is 2.18. The van der Waals surface area contributed by atoms with Crippen molar-refractivity contribution < 1.29 is 9.53 Å². The first kappa shape index (κ1) is 16.3. The maximum absolute atomic E-state index is 11.8. The average molecular weight is 313 g/mol. The van der Waals surface area contributed by atoms with Gasteiger partial charge in [0, 0.05) is 0 Å². The maximum atomic E-state index is 11.8. The highest BCUT2D eigenvalue weighted by atomic mass is 32.1. The van der Waals surface area contributed by atoms with Gasteiger partial charge in [-0.25, -0.2) is 4.79 Å². The van der Waals surface area contributed by atoms with E-state index >= 15 is 0 Å². The Kier molecular flexibility index (Phi) is 5.41. The van der Waals surface area contributed by atoms with Gasteiger partial charge in [0.2, 0.25) is 0 Å². The number of benzene rings is 2. The molecule has 0 fully saturated rings. The number of carbonyl (C=O) groups excluding carboxylic acids is 1. The molecule has 0 heterocycles. The Morgan fingerprint density at radius 3 is 2.50 bits per heavy atom. The van der Waals surface area contributed by atoms with Crippen LogP contribution < -0.4 is 5.73 Å². The smallest absolute Gasteiger partial charge is 0.327 e. The minimum absolute atomic E-state index is 0.313. The fraction of sp³-hybridized carbons (Fsp3) is 0.222. The van der Waals surface area contributed by atoms with E-state index in [1.165, 1.54) is 5.56 Å². The highest BCUT2D eigenvalue weighted by Gasteiger charge is 2.17. The summed E-state index contributed by atoms with van der Waals surface area (Å²) in [5.74, 6) is -0.430. The third-order valence-electron chi connectivity index (χ3n) is 3.36. The second-order valence-corrected chi connectivity index (χ2v) is 5.46. The van der Waals surface area contributed by atoms with Gasteiger partial charge < -0.3 is 10.5 Å². The zero-order chi connectivity index (χ0) is 16.1. The number of aryl methyl sites for hydroxylation is 1. The van der Waals surface area contributed by atoms with Gasteiger partial charge in [0.05, 0.1) is 11.5 Å². The van der Waals surface area contributed by atoms with Gasteiger partial charge in [0.25, 0.3) is 0 Å². The first-order chi connectivity index (χ1) is 10.5. The van der Waals surface area contributed by atoms with Crippen LogP contribution in [0.4, 0.5) is 0 Å². The summed E-state index contributed by atoms with van der Waals surface area (Å²) in [6, 6.07) is 14.7. The van der Waals surface area contributed by atoms with Gasteiger partial charge in [-0.2, -0.15) is 0 Å². The van der Waals surface area contributed by atoms with Crippen LogP contribution in [0.3, 0.4) is 0 Å². The minimum atomic E-state index is -0.791. The fourth-order valence-corrected chi connectivity index (χ4v) is 2.38. The number of rotatable bonds is 5. The number of hydrogen-bond donors (Lipinski definition) is 1. The molecule has 0 spiro atoms. The molecule has 0 aliphatic heterocycles. The number of thiocarbonyl (C=S) groups is 1. The molecule has 0 aliphatic carbocycles. The maximum Gasteiger partial charge on any atom is 0.327 e. The molecule has 0 aliphatic rings. The van der Waals surface area contributed by atoms with Crippen LogP contribution in [0.25, 0.3) is 0 Å². The van der Waals surface area contributed by atoms with Gasteiger partial charge in [-0.05, 0) is 36.6 Å². The van der Waals surface area contributed by atoms with Crippen LogP contribution in [0, 0.1) is 6.92 Å². The summed E-state index contributed by atoms with van der Waals surface area (Å²) >= 11 is 5.54. The van der Waals surface area contributed by atoms with Crippen LogP contribution >= 0.6 is 12.2 Å². The molecule has 1 atom stereocenters. The van der Waals surface area contributed by atoms with Crippen molar-refractivity contribution in [3.63, 3.8) is 0 Å². The lowest BCUT2D eigenvalue weighted by molar-refractivity contribution is -0.144. The third kappa shape index (κ3) is 3.78. The molecule has 22 heavy (non-hydrogen) atoms. The molecule has 2 N–H and O–H groups in total. The SMILES string of the molecule is CCOC(=O)C(N)c1cccc(C(=S)c2ccc(C)cc2)c1. The molecular formula is C18H19NO2S. The van der Waals surface area contributed by atoms with E-state index in [0.717, 1.165) is 16.0 Å². The summed E-state index contributed by atoms with van der Waals surface area (Å²) in [6.45, 7) is 4.10. The van der Waals surface area contributed by atoms with Crippen molar-refractivity contribution in [2.45, 2.75) is 19.9 Å². The first-order valence-corrected chi connectivity index (χ1v) is 7.57. The van der Waals surface area contributed by atoms with Crippen molar-refractivity contribution in [1.82, 2.24) is 0 Å². The predicted molar refractivity (Wildman–Crippen MR) is 92.0 cm³/mol. The zero-order valence-electron chi connectivity index (χ0n) is 12.7. The van der Waals surface area contributed by atoms with Gasteiger partial charge in [-0.1, -0.05) is 60.2 Å². The fourth-order valence-electron chi connectivity index (χ4n) is 2.11. The molecular weight excluding hydrogens is 294 g/mol. The van der Waals surface area contributed by atoms with E-state index in [1.54, 1.807) is 6.92 Å². The molecule has 2 aromatic carbocycles. The topological polar surface area (TPSA) is 52.3 Å². The highest BCUT2D eigenvalue weighted by molar-refractivity contribution is 7.81. The van der Waals surface area contributed by atoms with Crippen LogP contribution in [0.5, 0.6) is 0 Å². The molecule has 0 bridgehead atoms. The summed E-state index contributed by atoms with van der Waals surface area (Å²) in [6.07, 6.45) is 0. The quantitative estimate of drug-likeness (QED) is 0.523. The lowest BCUT2D eigenvalue weighted by Crippen LogP contribution is -2.24. The molecule has 1 unspecified atom stereocenters. The van der Waals surface area contributed by atoms with Crippen molar-refractivity contribution in [2.75, 3.05) is 6.61 Å². The van der Waals surface area contributed by atoms with Crippen LogP contribution in [-0.4, -0.2) is 17.4 Å². The van der Waals surface area contributed by atoms with Crippen molar-refractivity contribution in [3.8, 4) is 0 Å². The number of nitrogens with two attached hydrogens (primary N) is 1. The van der Waals surface area contributed by atoms with Gasteiger partial charge in [-0.15, -0.1) is 0 Å². The Labute approximate surface area is 136 Å². The van der Waals surface area contributed by atoms with E-state index in [1.807, 2.05) is 55.5 Å². The van der Waals surface area contributed by atoms with E-state index in [0.29, 0.717) is 12.2 Å². The second kappa shape index (κ2) is 7.29. The zero-order valence-corrected chi connectivity index (χ0v) is 13.5.